The van der Waals surface area contributed by atoms with E-state index in [-0.39, 0.29) is 22.6 Å². The highest BCUT2D eigenvalue weighted by atomic mass is 35.5. The monoisotopic (exact) mass is 230 g/mol. The van der Waals surface area contributed by atoms with Crippen molar-refractivity contribution in [3.8, 4) is 0 Å². The number of halogens is 2. The molecular formula is C10H8ClFO3. The van der Waals surface area contributed by atoms with E-state index in [9.17, 15) is 14.0 Å². The minimum Gasteiger partial charge on any atom is -0.469 e. The molecule has 0 heterocycles. The van der Waals surface area contributed by atoms with E-state index in [0.717, 1.165) is 6.07 Å². The van der Waals surface area contributed by atoms with Crippen molar-refractivity contribution in [3.63, 3.8) is 0 Å². The maximum Gasteiger partial charge on any atom is 0.310 e. The Morgan fingerprint density at radius 2 is 2.27 bits per heavy atom. The van der Waals surface area contributed by atoms with Crippen molar-refractivity contribution < 1.29 is 18.7 Å². The van der Waals surface area contributed by atoms with Gasteiger partial charge in [0.2, 0.25) is 0 Å². The van der Waals surface area contributed by atoms with E-state index in [1.54, 1.807) is 0 Å². The van der Waals surface area contributed by atoms with Crippen molar-refractivity contribution in [2.75, 3.05) is 7.11 Å². The summed E-state index contributed by atoms with van der Waals surface area (Å²) in [6, 6.07) is 2.33. The van der Waals surface area contributed by atoms with Gasteiger partial charge < -0.3 is 4.74 Å². The van der Waals surface area contributed by atoms with Gasteiger partial charge in [0.05, 0.1) is 13.5 Å². The summed E-state index contributed by atoms with van der Waals surface area (Å²) in [6.07, 6.45) is 0.233. The van der Waals surface area contributed by atoms with Crippen LogP contribution in [0.15, 0.2) is 12.1 Å². The standard InChI is InChI=1S/C10H8ClFO3/c1-15-10(14)4-7-8(11)2-6(5-13)3-9(7)12/h2-3,5H,4H2,1H3. The molecule has 0 N–H and O–H groups in total. The molecule has 0 unspecified atom stereocenters. The van der Waals surface area contributed by atoms with Crippen LogP contribution in [-0.4, -0.2) is 19.4 Å². The third-order valence-corrected chi connectivity index (χ3v) is 2.19. The van der Waals surface area contributed by atoms with Gasteiger partial charge in [0, 0.05) is 16.1 Å². The number of hydrogen-bond donors (Lipinski definition) is 0. The summed E-state index contributed by atoms with van der Waals surface area (Å²) in [5.41, 5.74) is 0.167. The van der Waals surface area contributed by atoms with Crippen LogP contribution >= 0.6 is 11.6 Å². The zero-order chi connectivity index (χ0) is 11.4. The molecule has 1 aromatic rings. The maximum absolute atomic E-state index is 13.3. The highest BCUT2D eigenvalue weighted by molar-refractivity contribution is 6.31. The maximum atomic E-state index is 13.3. The van der Waals surface area contributed by atoms with Crippen LogP contribution < -0.4 is 0 Å². The van der Waals surface area contributed by atoms with E-state index in [4.69, 9.17) is 11.6 Å². The minimum atomic E-state index is -0.685. The van der Waals surface area contributed by atoms with Crippen molar-refractivity contribution in [3.05, 3.63) is 34.1 Å². The average Bonchev–Trinajstić information content (AvgIpc) is 2.22. The Morgan fingerprint density at radius 3 is 2.73 bits per heavy atom. The third kappa shape index (κ3) is 2.76. The Balaban J connectivity index is 3.08. The topological polar surface area (TPSA) is 43.4 Å². The van der Waals surface area contributed by atoms with Crippen LogP contribution in [0, 0.1) is 5.82 Å². The summed E-state index contributed by atoms with van der Waals surface area (Å²) in [5, 5.41) is 0.0440. The van der Waals surface area contributed by atoms with Crippen molar-refractivity contribution >= 4 is 23.9 Å². The Morgan fingerprint density at radius 1 is 1.60 bits per heavy atom. The number of esters is 1. The number of ether oxygens (including phenoxy) is 1. The van der Waals surface area contributed by atoms with Crippen LogP contribution in [0.5, 0.6) is 0 Å². The molecule has 0 aliphatic rings. The zero-order valence-electron chi connectivity index (χ0n) is 7.92. The molecule has 5 heteroatoms. The third-order valence-electron chi connectivity index (χ3n) is 1.85. The summed E-state index contributed by atoms with van der Waals surface area (Å²) in [4.78, 5) is 21.3. The first kappa shape index (κ1) is 11.7. The summed E-state index contributed by atoms with van der Waals surface area (Å²) >= 11 is 5.71. The molecule has 3 nitrogen and oxygen atoms in total. The molecule has 0 radical (unpaired) electrons. The average molecular weight is 231 g/mol. The molecule has 15 heavy (non-hydrogen) atoms. The Bertz CT molecular complexity index is 381. The second-order valence-electron chi connectivity index (χ2n) is 2.83. The normalized spacial score (nSPS) is 9.80. The van der Waals surface area contributed by atoms with Gasteiger partial charge in [0.15, 0.2) is 0 Å². The van der Waals surface area contributed by atoms with E-state index in [1.807, 2.05) is 0 Å². The summed E-state index contributed by atoms with van der Waals surface area (Å²) in [5.74, 6) is -1.27. The zero-order valence-corrected chi connectivity index (χ0v) is 8.68. The Hall–Kier alpha value is -1.42. The fourth-order valence-electron chi connectivity index (χ4n) is 1.08. The van der Waals surface area contributed by atoms with Gasteiger partial charge in [0.1, 0.15) is 12.1 Å². The molecule has 0 bridgehead atoms. The highest BCUT2D eigenvalue weighted by Gasteiger charge is 2.13. The lowest BCUT2D eigenvalue weighted by Gasteiger charge is -2.05. The SMILES string of the molecule is COC(=O)Cc1c(F)cc(C=O)cc1Cl. The molecule has 0 saturated carbocycles. The number of aldehydes is 1. The molecule has 0 aliphatic carbocycles. The number of carbonyl (C=O) groups excluding carboxylic acids is 2. The van der Waals surface area contributed by atoms with Crippen molar-refractivity contribution in [2.24, 2.45) is 0 Å². The van der Waals surface area contributed by atoms with Gasteiger partial charge >= 0.3 is 5.97 Å². The smallest absolute Gasteiger partial charge is 0.310 e. The molecule has 0 atom stereocenters. The number of benzene rings is 1. The van der Waals surface area contributed by atoms with Crippen LogP contribution in [0.3, 0.4) is 0 Å². The van der Waals surface area contributed by atoms with Gasteiger partial charge in [0.25, 0.3) is 0 Å². The highest BCUT2D eigenvalue weighted by Crippen LogP contribution is 2.21. The van der Waals surface area contributed by atoms with E-state index in [2.05, 4.69) is 4.74 Å². The van der Waals surface area contributed by atoms with Gasteiger partial charge in [-0.1, -0.05) is 11.6 Å². The molecule has 0 aromatic heterocycles. The fourth-order valence-corrected chi connectivity index (χ4v) is 1.36. The van der Waals surface area contributed by atoms with Gasteiger partial charge in [-0.25, -0.2) is 4.39 Å². The van der Waals surface area contributed by atoms with Crippen LogP contribution in [0.1, 0.15) is 15.9 Å². The van der Waals surface area contributed by atoms with Gasteiger partial charge in [-0.15, -0.1) is 0 Å². The van der Waals surface area contributed by atoms with Crippen LogP contribution in [-0.2, 0) is 16.0 Å². The van der Waals surface area contributed by atoms with E-state index < -0.39 is 11.8 Å². The minimum absolute atomic E-state index is 0.0362. The quantitative estimate of drug-likeness (QED) is 0.589. The first-order chi connectivity index (χ1) is 7.08. The molecule has 0 spiro atoms. The van der Waals surface area contributed by atoms with Crippen LogP contribution in [0.2, 0.25) is 5.02 Å². The predicted molar refractivity (Wildman–Crippen MR) is 52.5 cm³/mol. The van der Waals surface area contributed by atoms with E-state index >= 15 is 0 Å². The van der Waals surface area contributed by atoms with Gasteiger partial charge in [-0.3, -0.25) is 9.59 Å². The molecule has 0 saturated heterocycles. The van der Waals surface area contributed by atoms with Crippen molar-refractivity contribution in [2.45, 2.75) is 6.42 Å². The van der Waals surface area contributed by atoms with E-state index in [1.165, 1.54) is 13.2 Å². The first-order valence-corrected chi connectivity index (χ1v) is 4.46. The lowest BCUT2D eigenvalue weighted by molar-refractivity contribution is -0.139. The molecule has 1 aromatic carbocycles. The number of rotatable bonds is 3. The predicted octanol–water partition coefficient (Wildman–Crippen LogP) is 2.01. The molecule has 80 valence electrons. The first-order valence-electron chi connectivity index (χ1n) is 4.08. The van der Waals surface area contributed by atoms with Gasteiger partial charge in [-0.05, 0) is 12.1 Å². The van der Waals surface area contributed by atoms with E-state index in [0.29, 0.717) is 6.29 Å². The fraction of sp³-hybridized carbons (Fsp3) is 0.200. The van der Waals surface area contributed by atoms with Crippen LogP contribution in [0.4, 0.5) is 4.39 Å². The van der Waals surface area contributed by atoms with Crippen molar-refractivity contribution in [1.82, 2.24) is 0 Å². The lowest BCUT2D eigenvalue weighted by Crippen LogP contribution is -2.07. The summed E-state index contributed by atoms with van der Waals surface area (Å²) in [6.45, 7) is 0. The number of carbonyl (C=O) groups is 2. The molecular weight excluding hydrogens is 223 g/mol. The molecule has 0 aliphatic heterocycles. The second-order valence-corrected chi connectivity index (χ2v) is 3.24. The van der Waals surface area contributed by atoms with Crippen molar-refractivity contribution in [1.29, 1.82) is 0 Å². The second kappa shape index (κ2) is 4.89. The Labute approximate surface area is 90.8 Å². The summed E-state index contributed by atoms with van der Waals surface area (Å²) < 4.78 is 17.7. The number of methoxy groups -OCH3 is 1. The van der Waals surface area contributed by atoms with Gasteiger partial charge in [-0.2, -0.15) is 0 Å². The van der Waals surface area contributed by atoms with Crippen LogP contribution in [0.25, 0.3) is 0 Å². The number of hydrogen-bond acceptors (Lipinski definition) is 3. The summed E-state index contributed by atoms with van der Waals surface area (Å²) in [7, 11) is 1.20. The Kier molecular flexibility index (Phi) is 3.80. The lowest BCUT2D eigenvalue weighted by atomic mass is 10.1. The molecule has 0 amide bonds. The molecule has 1 rings (SSSR count). The largest absolute Gasteiger partial charge is 0.469 e. The molecule has 0 fully saturated rings.